The molecule has 50 heavy (non-hydrogen) atoms. The zero-order chi connectivity index (χ0) is 36.8. The first-order chi connectivity index (χ1) is 24.5. The van der Waals surface area contributed by atoms with E-state index < -0.39 is 36.9 Å². The lowest BCUT2D eigenvalue weighted by Crippen LogP contribution is -2.53. The number of hydrogen-bond donors (Lipinski definition) is 5. The van der Waals surface area contributed by atoms with Crippen molar-refractivity contribution in [3.8, 4) is 0 Å². The summed E-state index contributed by atoms with van der Waals surface area (Å²) in [7, 11) is 0. The summed E-state index contributed by atoms with van der Waals surface area (Å²) in [4.78, 5) is 12.5. The molecule has 0 saturated heterocycles. The van der Waals surface area contributed by atoms with Crippen LogP contribution in [0.25, 0.3) is 0 Å². The Bertz CT molecular complexity index is 757. The van der Waals surface area contributed by atoms with Gasteiger partial charge in [0, 0.05) is 0 Å². The monoisotopic (exact) mass is 708 g/mol. The predicted molar refractivity (Wildman–Crippen MR) is 214 cm³/mol. The van der Waals surface area contributed by atoms with Crippen LogP contribution in [0.2, 0.25) is 0 Å². The van der Waals surface area contributed by atoms with Gasteiger partial charge in [0.05, 0.1) is 18.8 Å². The zero-order valence-electron chi connectivity index (χ0n) is 33.2. The van der Waals surface area contributed by atoms with Crippen LogP contribution in [0.5, 0.6) is 0 Å². The van der Waals surface area contributed by atoms with Gasteiger partial charge in [-0.25, -0.2) is 0 Å². The summed E-state index contributed by atoms with van der Waals surface area (Å²) >= 11 is 0. The molecule has 6 nitrogen and oxygen atoms in total. The summed E-state index contributed by atoms with van der Waals surface area (Å²) < 4.78 is 0. The third-order valence-corrected chi connectivity index (χ3v) is 10.2. The predicted octanol–water partition coefficient (Wildman–Crippen LogP) is 11.2. The molecule has 0 rings (SSSR count). The number of aliphatic hydroxyl groups excluding tert-OH is 4. The molecule has 0 radical (unpaired) electrons. The van der Waals surface area contributed by atoms with Crippen molar-refractivity contribution in [3.63, 3.8) is 0 Å². The Labute approximate surface area is 310 Å². The highest BCUT2D eigenvalue weighted by atomic mass is 16.3. The van der Waals surface area contributed by atoms with Crippen molar-refractivity contribution < 1.29 is 25.2 Å². The second kappa shape index (κ2) is 39.0. The Kier molecular flexibility index (Phi) is 38.1. The van der Waals surface area contributed by atoms with E-state index in [1.54, 1.807) is 0 Å². The molecule has 0 aliphatic carbocycles. The standard InChI is InChI=1S/C44H85NO5/c1-3-5-7-9-11-13-15-17-19-20-21-22-23-24-26-28-30-32-34-36-38-42(48)44(50)45-40(39-46)43(49)41(47)37-35-33-31-29-27-25-18-16-14-12-10-8-6-4-2/h5,7,11,13,40-43,46-49H,3-4,6,8-10,12,14-39H2,1-2H3,(H,45,50)/b7-5-,13-11-. The maximum absolute atomic E-state index is 12.5. The lowest BCUT2D eigenvalue weighted by molar-refractivity contribution is -0.132. The van der Waals surface area contributed by atoms with Gasteiger partial charge in [-0.05, 0) is 38.5 Å². The molecule has 0 aromatic rings. The number of rotatable bonds is 39. The smallest absolute Gasteiger partial charge is 0.249 e. The molecule has 296 valence electrons. The fourth-order valence-corrected chi connectivity index (χ4v) is 6.74. The largest absolute Gasteiger partial charge is 0.394 e. The SMILES string of the molecule is CC/C=C\C/C=C\CCCCCCCCCCCCCCCC(O)C(=O)NC(CO)C(O)C(O)CCCCCCCCCCCCCCCC. The number of aliphatic hydroxyl groups is 4. The van der Waals surface area contributed by atoms with Crippen LogP contribution in [0.1, 0.15) is 219 Å². The average molecular weight is 708 g/mol. The number of unbranched alkanes of at least 4 members (excludes halogenated alkanes) is 26. The van der Waals surface area contributed by atoms with E-state index in [0.717, 1.165) is 51.4 Å². The van der Waals surface area contributed by atoms with Crippen molar-refractivity contribution in [2.75, 3.05) is 6.61 Å². The van der Waals surface area contributed by atoms with E-state index in [0.29, 0.717) is 12.8 Å². The number of hydrogen-bond acceptors (Lipinski definition) is 5. The van der Waals surface area contributed by atoms with E-state index in [9.17, 15) is 25.2 Å². The lowest BCUT2D eigenvalue weighted by Gasteiger charge is -2.27. The van der Waals surface area contributed by atoms with Gasteiger partial charge in [0.15, 0.2) is 0 Å². The molecule has 0 bridgehead atoms. The second-order valence-corrected chi connectivity index (χ2v) is 15.0. The average Bonchev–Trinajstić information content (AvgIpc) is 3.12. The van der Waals surface area contributed by atoms with Crippen LogP contribution in [0.4, 0.5) is 0 Å². The number of amides is 1. The first-order valence-electron chi connectivity index (χ1n) is 21.7. The molecule has 0 saturated carbocycles. The van der Waals surface area contributed by atoms with Crippen LogP contribution < -0.4 is 5.32 Å². The normalized spacial score (nSPS) is 14.4. The van der Waals surface area contributed by atoms with Crippen LogP contribution in [-0.2, 0) is 4.79 Å². The molecule has 0 aliphatic rings. The third-order valence-electron chi connectivity index (χ3n) is 10.2. The van der Waals surface area contributed by atoms with Crippen molar-refractivity contribution in [2.45, 2.75) is 244 Å². The molecule has 4 atom stereocenters. The Morgan fingerprint density at radius 2 is 0.920 bits per heavy atom. The highest BCUT2D eigenvalue weighted by Gasteiger charge is 2.28. The molecule has 6 heteroatoms. The van der Waals surface area contributed by atoms with E-state index in [1.807, 2.05) is 0 Å². The molecule has 0 heterocycles. The first kappa shape index (κ1) is 48.8. The molecule has 5 N–H and O–H groups in total. The van der Waals surface area contributed by atoms with E-state index >= 15 is 0 Å². The van der Waals surface area contributed by atoms with E-state index in [-0.39, 0.29) is 0 Å². The van der Waals surface area contributed by atoms with Crippen LogP contribution in [0, 0.1) is 0 Å². The van der Waals surface area contributed by atoms with Gasteiger partial charge < -0.3 is 25.7 Å². The maximum Gasteiger partial charge on any atom is 0.249 e. The highest BCUT2D eigenvalue weighted by Crippen LogP contribution is 2.17. The Hall–Kier alpha value is -1.21. The van der Waals surface area contributed by atoms with E-state index in [1.165, 1.54) is 141 Å². The minimum absolute atomic E-state index is 0.369. The Balaban J connectivity index is 3.71. The van der Waals surface area contributed by atoms with Crippen molar-refractivity contribution in [3.05, 3.63) is 24.3 Å². The molecule has 0 spiro atoms. The van der Waals surface area contributed by atoms with E-state index in [4.69, 9.17) is 0 Å². The number of nitrogens with one attached hydrogen (secondary N) is 1. The molecule has 0 fully saturated rings. The van der Waals surface area contributed by atoms with Gasteiger partial charge in [-0.15, -0.1) is 0 Å². The lowest BCUT2D eigenvalue weighted by atomic mass is 9.99. The highest BCUT2D eigenvalue weighted by molar-refractivity contribution is 5.80. The minimum atomic E-state index is -1.26. The summed E-state index contributed by atoms with van der Waals surface area (Å²) in [5.41, 5.74) is 0. The molecule has 0 aromatic heterocycles. The third kappa shape index (κ3) is 32.7. The number of carbonyl (C=O) groups is 1. The van der Waals surface area contributed by atoms with Gasteiger partial charge in [0.2, 0.25) is 5.91 Å². The van der Waals surface area contributed by atoms with Crippen molar-refractivity contribution >= 4 is 5.91 Å². The molecule has 4 unspecified atom stereocenters. The Morgan fingerprint density at radius 3 is 1.36 bits per heavy atom. The van der Waals surface area contributed by atoms with Crippen LogP contribution >= 0.6 is 0 Å². The van der Waals surface area contributed by atoms with Crippen LogP contribution in [0.15, 0.2) is 24.3 Å². The summed E-state index contributed by atoms with van der Waals surface area (Å²) in [5, 5.41) is 43.7. The van der Waals surface area contributed by atoms with Gasteiger partial charge in [-0.1, -0.05) is 205 Å². The summed E-state index contributed by atoms with van der Waals surface area (Å²) in [6.07, 6.45) is 43.5. The van der Waals surface area contributed by atoms with Gasteiger partial charge >= 0.3 is 0 Å². The summed E-state index contributed by atoms with van der Waals surface area (Å²) in [6.45, 7) is 3.95. The minimum Gasteiger partial charge on any atom is -0.394 e. The van der Waals surface area contributed by atoms with Crippen molar-refractivity contribution in [1.82, 2.24) is 5.32 Å². The maximum atomic E-state index is 12.5. The molecule has 0 aliphatic heterocycles. The number of carbonyl (C=O) groups excluding carboxylic acids is 1. The van der Waals surface area contributed by atoms with Gasteiger partial charge in [0.1, 0.15) is 12.2 Å². The van der Waals surface area contributed by atoms with Crippen molar-refractivity contribution in [1.29, 1.82) is 0 Å². The van der Waals surface area contributed by atoms with Gasteiger partial charge in [-0.2, -0.15) is 0 Å². The van der Waals surface area contributed by atoms with Gasteiger partial charge in [-0.3, -0.25) is 4.79 Å². The van der Waals surface area contributed by atoms with E-state index in [2.05, 4.69) is 43.5 Å². The number of allylic oxidation sites excluding steroid dienone is 4. The topological polar surface area (TPSA) is 110 Å². The fraction of sp³-hybridized carbons (Fsp3) is 0.886. The van der Waals surface area contributed by atoms with Crippen molar-refractivity contribution in [2.24, 2.45) is 0 Å². The Morgan fingerprint density at radius 1 is 0.520 bits per heavy atom. The van der Waals surface area contributed by atoms with Crippen LogP contribution in [0.3, 0.4) is 0 Å². The quantitative estimate of drug-likeness (QED) is 0.0323. The van der Waals surface area contributed by atoms with Crippen LogP contribution in [-0.4, -0.2) is 57.3 Å². The zero-order valence-corrected chi connectivity index (χ0v) is 33.2. The molecule has 1 amide bonds. The fourth-order valence-electron chi connectivity index (χ4n) is 6.74. The molecule has 0 aromatic carbocycles. The second-order valence-electron chi connectivity index (χ2n) is 15.0. The summed E-state index contributed by atoms with van der Waals surface area (Å²) in [6, 6.07) is -0.982. The molecular formula is C44H85NO5. The molecular weight excluding hydrogens is 622 g/mol. The first-order valence-corrected chi connectivity index (χ1v) is 21.7. The van der Waals surface area contributed by atoms with Gasteiger partial charge in [0.25, 0.3) is 0 Å². The summed E-state index contributed by atoms with van der Waals surface area (Å²) in [5.74, 6) is -0.584.